The topological polar surface area (TPSA) is 59.7 Å². The van der Waals surface area contributed by atoms with Crippen LogP contribution in [0.2, 0.25) is 0 Å². The van der Waals surface area contributed by atoms with Gasteiger partial charge in [0, 0.05) is 23.1 Å². The van der Waals surface area contributed by atoms with Gasteiger partial charge in [-0.15, -0.1) is 0 Å². The predicted molar refractivity (Wildman–Crippen MR) is 129 cm³/mol. The summed E-state index contributed by atoms with van der Waals surface area (Å²) in [7, 11) is 0. The minimum absolute atomic E-state index is 0.0886. The van der Waals surface area contributed by atoms with Crippen molar-refractivity contribution in [1.82, 2.24) is 0 Å². The van der Waals surface area contributed by atoms with E-state index in [4.69, 9.17) is 9.15 Å². The fourth-order valence-electron chi connectivity index (χ4n) is 7.91. The Labute approximate surface area is 199 Å². The van der Waals surface area contributed by atoms with E-state index < -0.39 is 6.10 Å². The smallest absolute Gasteiger partial charge is 0.293 e. The minimum Gasteiger partial charge on any atom is -0.430 e. The van der Waals surface area contributed by atoms with Crippen LogP contribution in [-0.4, -0.2) is 10.9 Å². The molecule has 2 fully saturated rings. The Morgan fingerprint density at radius 1 is 1.03 bits per heavy atom. The number of ketones is 1. The van der Waals surface area contributed by atoms with E-state index in [9.17, 15) is 9.90 Å². The van der Waals surface area contributed by atoms with E-state index in [2.05, 4.69) is 34.6 Å². The number of aliphatic hydroxyl groups is 1. The van der Waals surface area contributed by atoms with Gasteiger partial charge in [0.05, 0.1) is 0 Å². The second kappa shape index (κ2) is 8.00. The van der Waals surface area contributed by atoms with Gasteiger partial charge in [-0.3, -0.25) is 4.79 Å². The molecule has 0 bridgehead atoms. The third-order valence-electron chi connectivity index (χ3n) is 10.8. The molecule has 0 radical (unpaired) electrons. The maximum atomic E-state index is 12.7. The number of ether oxygens (including phenoxy) is 1. The van der Waals surface area contributed by atoms with Gasteiger partial charge in [0.25, 0.3) is 5.95 Å². The van der Waals surface area contributed by atoms with Gasteiger partial charge in [0.2, 0.25) is 0 Å². The first kappa shape index (κ1) is 23.2. The largest absolute Gasteiger partial charge is 0.430 e. The Bertz CT molecular complexity index is 986. The van der Waals surface area contributed by atoms with Gasteiger partial charge in [0.15, 0.2) is 5.78 Å². The van der Waals surface area contributed by atoms with Crippen molar-refractivity contribution in [2.45, 2.75) is 105 Å². The number of fused-ring (bicyclic) bond motifs is 3. The molecule has 0 aromatic carbocycles. The number of aliphatic hydroxyl groups excluding tert-OH is 1. The van der Waals surface area contributed by atoms with Crippen molar-refractivity contribution in [3.05, 3.63) is 28.2 Å². The molecule has 4 aliphatic rings. The van der Waals surface area contributed by atoms with Gasteiger partial charge in [-0.2, -0.15) is 0 Å². The van der Waals surface area contributed by atoms with Crippen LogP contribution in [0.5, 0.6) is 5.95 Å². The summed E-state index contributed by atoms with van der Waals surface area (Å²) in [6.45, 7) is 13.1. The first-order valence-electron chi connectivity index (χ1n) is 13.3. The summed E-state index contributed by atoms with van der Waals surface area (Å²) in [5.74, 6) is 4.09. The van der Waals surface area contributed by atoms with Crippen LogP contribution in [0.25, 0.3) is 0 Å². The Morgan fingerprint density at radius 3 is 2.39 bits per heavy atom. The lowest BCUT2D eigenvalue weighted by Gasteiger charge is -2.50. The van der Waals surface area contributed by atoms with Crippen molar-refractivity contribution in [3.63, 3.8) is 0 Å². The number of carbonyl (C=O) groups is 1. The second-order valence-corrected chi connectivity index (χ2v) is 12.4. The van der Waals surface area contributed by atoms with Crippen molar-refractivity contribution in [2.24, 2.45) is 34.5 Å². The predicted octanol–water partition coefficient (Wildman–Crippen LogP) is 7.08. The van der Waals surface area contributed by atoms with Crippen LogP contribution in [0.3, 0.4) is 0 Å². The lowest BCUT2D eigenvalue weighted by atomic mass is 9.55. The third-order valence-corrected chi connectivity index (χ3v) is 10.8. The molecule has 2 saturated carbocycles. The van der Waals surface area contributed by atoms with Gasteiger partial charge in [0.1, 0.15) is 17.6 Å². The first-order chi connectivity index (χ1) is 15.6. The fourth-order valence-corrected chi connectivity index (χ4v) is 7.91. The molecule has 0 spiro atoms. The molecule has 182 valence electrons. The van der Waals surface area contributed by atoms with E-state index in [1.165, 1.54) is 32.1 Å². The van der Waals surface area contributed by atoms with Gasteiger partial charge in [-0.05, 0) is 74.0 Å². The van der Waals surface area contributed by atoms with Crippen molar-refractivity contribution < 1.29 is 19.1 Å². The number of hydrogen-bond acceptors (Lipinski definition) is 4. The Morgan fingerprint density at radius 2 is 1.70 bits per heavy atom. The van der Waals surface area contributed by atoms with E-state index in [-0.39, 0.29) is 22.5 Å². The Kier molecular flexibility index (Phi) is 5.63. The Balaban J connectivity index is 1.50. The molecule has 4 heteroatoms. The fraction of sp³-hybridized carbons (Fsp3) is 0.759. The summed E-state index contributed by atoms with van der Waals surface area (Å²) in [6, 6.07) is 0. The molecule has 0 amide bonds. The number of furan rings is 1. The molecular formula is C29H42O4. The normalized spacial score (nSPS) is 40.6. The Hall–Kier alpha value is -1.55. The molecule has 1 N–H and O–H groups in total. The van der Waals surface area contributed by atoms with Crippen LogP contribution < -0.4 is 4.74 Å². The summed E-state index contributed by atoms with van der Waals surface area (Å²) < 4.78 is 12.8. The zero-order valence-corrected chi connectivity index (χ0v) is 21.4. The van der Waals surface area contributed by atoms with Crippen molar-refractivity contribution >= 4 is 5.78 Å². The van der Waals surface area contributed by atoms with Crippen molar-refractivity contribution in [3.8, 4) is 5.95 Å². The first-order valence-corrected chi connectivity index (χ1v) is 13.3. The van der Waals surface area contributed by atoms with E-state index in [1.807, 2.05) is 0 Å². The van der Waals surface area contributed by atoms with Crippen LogP contribution in [0.4, 0.5) is 0 Å². The molecule has 1 aromatic rings. The highest BCUT2D eigenvalue weighted by molar-refractivity contribution is 5.94. The third kappa shape index (κ3) is 3.46. The number of carbonyl (C=O) groups excluding carboxylic acids is 1. The van der Waals surface area contributed by atoms with Crippen LogP contribution in [0.15, 0.2) is 15.7 Å². The minimum atomic E-state index is -0.576. The molecule has 4 aliphatic carbocycles. The molecular weight excluding hydrogens is 412 g/mol. The van der Waals surface area contributed by atoms with Crippen LogP contribution in [0.1, 0.15) is 109 Å². The highest BCUT2D eigenvalue weighted by Crippen LogP contribution is 2.58. The average molecular weight is 455 g/mol. The van der Waals surface area contributed by atoms with Crippen LogP contribution in [0, 0.1) is 41.4 Å². The molecule has 0 saturated heterocycles. The van der Waals surface area contributed by atoms with E-state index in [1.54, 1.807) is 6.92 Å². The van der Waals surface area contributed by atoms with Gasteiger partial charge in [-0.1, -0.05) is 53.4 Å². The van der Waals surface area contributed by atoms with Gasteiger partial charge in [-0.25, -0.2) is 0 Å². The van der Waals surface area contributed by atoms with Gasteiger partial charge >= 0.3 is 0 Å². The van der Waals surface area contributed by atoms with Gasteiger partial charge < -0.3 is 14.3 Å². The van der Waals surface area contributed by atoms with Crippen LogP contribution >= 0.6 is 0 Å². The summed E-state index contributed by atoms with van der Waals surface area (Å²) in [5, 5.41) is 11.3. The van der Waals surface area contributed by atoms with E-state index >= 15 is 0 Å². The maximum Gasteiger partial charge on any atom is 0.293 e. The molecule has 0 unspecified atom stereocenters. The second-order valence-electron chi connectivity index (χ2n) is 12.4. The standard InChI is InChI=1S/C29H42O4/c1-16-9-7-11-20-13-24(22(19(4)30)15-28(16,20)5)32-27-18(3)21-14-29(6)17(2)10-8-12-23(29)25(31)26(21)33-27/h16-17,20,23,25,31H,7-15H2,1-6H3/t16-,17-,20+,23+,25-,28+,29+/m0/s1. The van der Waals surface area contributed by atoms with Crippen molar-refractivity contribution in [2.75, 3.05) is 0 Å². The van der Waals surface area contributed by atoms with Crippen molar-refractivity contribution in [1.29, 1.82) is 0 Å². The number of Topliss-reactive ketones (excluding diaryl/α,β-unsaturated/α-hetero) is 1. The number of allylic oxidation sites excluding steroid dienone is 2. The average Bonchev–Trinajstić information content (AvgIpc) is 3.06. The van der Waals surface area contributed by atoms with E-state index in [0.717, 1.165) is 48.1 Å². The highest BCUT2D eigenvalue weighted by atomic mass is 16.6. The highest BCUT2D eigenvalue weighted by Gasteiger charge is 2.52. The lowest BCUT2D eigenvalue weighted by Crippen LogP contribution is -2.45. The molecule has 7 atom stereocenters. The zero-order valence-electron chi connectivity index (χ0n) is 21.4. The number of rotatable bonds is 3. The molecule has 0 aliphatic heterocycles. The molecule has 4 nitrogen and oxygen atoms in total. The van der Waals surface area contributed by atoms with E-state index in [0.29, 0.717) is 29.5 Å². The molecule has 1 aromatic heterocycles. The summed E-state index contributed by atoms with van der Waals surface area (Å²) in [4.78, 5) is 12.7. The maximum absolute atomic E-state index is 12.7. The molecule has 33 heavy (non-hydrogen) atoms. The molecule has 1 heterocycles. The summed E-state index contributed by atoms with van der Waals surface area (Å²) in [6.07, 6.45) is 9.10. The lowest BCUT2D eigenvalue weighted by molar-refractivity contribution is -0.115. The monoisotopic (exact) mass is 454 g/mol. The number of hydrogen-bond donors (Lipinski definition) is 1. The quantitative estimate of drug-likeness (QED) is 0.530. The summed E-state index contributed by atoms with van der Waals surface area (Å²) in [5.41, 5.74) is 3.22. The summed E-state index contributed by atoms with van der Waals surface area (Å²) >= 11 is 0. The van der Waals surface area contributed by atoms with Crippen LogP contribution in [-0.2, 0) is 11.2 Å². The zero-order chi connectivity index (χ0) is 23.7. The molecule has 5 rings (SSSR count). The SMILES string of the molecule is CC(=O)C1=C(Oc2oc3c(c2C)C[C@@]2(C)[C@H](CCC[C@@H]2C)[C@@H]3O)C[C@H]2CCC[C@H](C)[C@@]2(C)C1.